The topological polar surface area (TPSA) is 12.0 Å². The zero-order valence-corrected chi connectivity index (χ0v) is 14.4. The Balaban J connectivity index is 2.14. The Morgan fingerprint density at radius 2 is 1.63 bits per heavy atom. The molecule has 2 rings (SSSR count). The van der Waals surface area contributed by atoms with Crippen LogP contribution in [0.25, 0.3) is 0 Å². The van der Waals surface area contributed by atoms with E-state index in [0.717, 1.165) is 4.47 Å². The van der Waals surface area contributed by atoms with Crippen molar-refractivity contribution in [1.29, 1.82) is 0 Å². The quantitative estimate of drug-likeness (QED) is 0.728. The fourth-order valence-corrected chi connectivity index (χ4v) is 4.61. The molecule has 0 unspecified atom stereocenters. The Hall–Kier alpha value is -0.500. The van der Waals surface area contributed by atoms with Crippen molar-refractivity contribution in [3.8, 4) is 0 Å². The van der Waals surface area contributed by atoms with E-state index >= 15 is 0 Å². The van der Waals surface area contributed by atoms with Gasteiger partial charge < -0.3 is 5.32 Å². The van der Waals surface area contributed by atoms with Crippen molar-refractivity contribution in [2.75, 3.05) is 5.32 Å². The first kappa shape index (κ1) is 14.9. The van der Waals surface area contributed by atoms with Crippen molar-refractivity contribution >= 4 is 21.6 Å². The molecule has 1 aliphatic carbocycles. The van der Waals surface area contributed by atoms with Crippen LogP contribution >= 0.6 is 15.9 Å². The van der Waals surface area contributed by atoms with Crippen LogP contribution in [0.2, 0.25) is 0 Å². The molecule has 106 valence electrons. The van der Waals surface area contributed by atoms with Gasteiger partial charge in [-0.05, 0) is 60.8 Å². The van der Waals surface area contributed by atoms with Crippen LogP contribution in [0.5, 0.6) is 0 Å². The molecule has 0 atom stereocenters. The maximum atomic E-state index is 3.74. The highest BCUT2D eigenvalue weighted by Crippen LogP contribution is 2.46. The minimum absolute atomic E-state index is 0.431. The second-order valence-electron chi connectivity index (χ2n) is 7.77. The molecule has 1 aromatic carbocycles. The molecule has 19 heavy (non-hydrogen) atoms. The molecule has 0 radical (unpaired) electrons. The summed E-state index contributed by atoms with van der Waals surface area (Å²) in [4.78, 5) is 0. The van der Waals surface area contributed by atoms with Gasteiger partial charge in [0.15, 0.2) is 0 Å². The zero-order chi connectivity index (χ0) is 14.3. The Morgan fingerprint density at radius 1 is 1.05 bits per heavy atom. The third-order valence-electron chi connectivity index (χ3n) is 3.97. The first-order valence-corrected chi connectivity index (χ1v) is 7.98. The number of anilines is 1. The van der Waals surface area contributed by atoms with Crippen LogP contribution in [0.4, 0.5) is 5.69 Å². The Morgan fingerprint density at radius 3 is 2.16 bits per heavy atom. The average Bonchev–Trinajstić information content (AvgIpc) is 2.08. The first-order valence-electron chi connectivity index (χ1n) is 7.19. The lowest BCUT2D eigenvalue weighted by molar-refractivity contribution is 0.105. The molecule has 1 N–H and O–H groups in total. The lowest BCUT2D eigenvalue weighted by Gasteiger charge is -2.45. The summed E-state index contributed by atoms with van der Waals surface area (Å²) in [6, 6.07) is 7.15. The van der Waals surface area contributed by atoms with E-state index in [1.807, 2.05) is 0 Å². The van der Waals surface area contributed by atoms with Gasteiger partial charge in [0.1, 0.15) is 0 Å². The van der Waals surface area contributed by atoms with Gasteiger partial charge in [-0.25, -0.2) is 0 Å². The SMILES string of the molecule is Cc1cc(Br)cc(NC2CC(C)(C)CC(C)(C)C2)c1. The Bertz CT molecular complexity index is 426. The van der Waals surface area contributed by atoms with Gasteiger partial charge >= 0.3 is 0 Å². The van der Waals surface area contributed by atoms with E-state index in [-0.39, 0.29) is 0 Å². The molecule has 0 amide bonds. The first-order chi connectivity index (χ1) is 8.65. The maximum Gasteiger partial charge on any atom is 0.0356 e. The predicted octanol–water partition coefficient (Wildman–Crippen LogP) is 5.77. The standard InChI is InChI=1S/C17H26BrN/c1-12-6-13(18)8-14(7-12)19-15-9-16(2,3)11-17(4,5)10-15/h6-8,15,19H,9-11H2,1-5H3. The summed E-state index contributed by atoms with van der Waals surface area (Å²) in [7, 11) is 0. The van der Waals surface area contributed by atoms with Crippen molar-refractivity contribution < 1.29 is 0 Å². The highest BCUT2D eigenvalue weighted by atomic mass is 79.9. The lowest BCUT2D eigenvalue weighted by atomic mass is 9.63. The van der Waals surface area contributed by atoms with Crippen molar-refractivity contribution in [2.24, 2.45) is 10.8 Å². The van der Waals surface area contributed by atoms with Crippen LogP contribution in [0.1, 0.15) is 52.5 Å². The van der Waals surface area contributed by atoms with Crippen LogP contribution in [0, 0.1) is 17.8 Å². The summed E-state index contributed by atoms with van der Waals surface area (Å²) in [5, 5.41) is 3.74. The summed E-state index contributed by atoms with van der Waals surface area (Å²) in [6.07, 6.45) is 3.82. The van der Waals surface area contributed by atoms with Gasteiger partial charge in [0.05, 0.1) is 0 Å². The monoisotopic (exact) mass is 323 g/mol. The predicted molar refractivity (Wildman–Crippen MR) is 87.7 cm³/mol. The summed E-state index contributed by atoms with van der Waals surface area (Å²) in [5.41, 5.74) is 3.40. The molecule has 0 heterocycles. The van der Waals surface area contributed by atoms with E-state index in [0.29, 0.717) is 16.9 Å². The molecule has 1 aromatic rings. The molecule has 0 aliphatic heterocycles. The number of benzene rings is 1. The number of hydrogen-bond donors (Lipinski definition) is 1. The van der Waals surface area contributed by atoms with Crippen molar-refractivity contribution in [3.63, 3.8) is 0 Å². The van der Waals surface area contributed by atoms with E-state index in [2.05, 4.69) is 74.1 Å². The van der Waals surface area contributed by atoms with Gasteiger partial charge in [0, 0.05) is 16.2 Å². The second kappa shape index (κ2) is 5.12. The third kappa shape index (κ3) is 4.24. The summed E-state index contributed by atoms with van der Waals surface area (Å²) in [5.74, 6) is 0. The summed E-state index contributed by atoms with van der Waals surface area (Å²) < 4.78 is 1.16. The van der Waals surface area contributed by atoms with Gasteiger partial charge in [-0.1, -0.05) is 43.6 Å². The molecular formula is C17H26BrN. The molecular weight excluding hydrogens is 298 g/mol. The van der Waals surface area contributed by atoms with E-state index < -0.39 is 0 Å². The number of nitrogens with one attached hydrogen (secondary N) is 1. The highest BCUT2D eigenvalue weighted by molar-refractivity contribution is 9.10. The minimum Gasteiger partial charge on any atom is -0.382 e. The number of rotatable bonds is 2. The molecule has 1 fully saturated rings. The van der Waals surface area contributed by atoms with Gasteiger partial charge in [0.2, 0.25) is 0 Å². The van der Waals surface area contributed by atoms with Gasteiger partial charge in [-0.3, -0.25) is 0 Å². The van der Waals surface area contributed by atoms with Crippen LogP contribution < -0.4 is 5.32 Å². The van der Waals surface area contributed by atoms with E-state index in [1.54, 1.807) is 0 Å². The fraction of sp³-hybridized carbons (Fsp3) is 0.647. The van der Waals surface area contributed by atoms with Crippen LogP contribution in [-0.4, -0.2) is 6.04 Å². The number of aryl methyl sites for hydroxylation is 1. The van der Waals surface area contributed by atoms with Gasteiger partial charge in [-0.15, -0.1) is 0 Å². The van der Waals surface area contributed by atoms with Gasteiger partial charge in [0.25, 0.3) is 0 Å². The van der Waals surface area contributed by atoms with Crippen LogP contribution in [0.15, 0.2) is 22.7 Å². The van der Waals surface area contributed by atoms with Crippen LogP contribution in [0.3, 0.4) is 0 Å². The Labute approximate surface area is 126 Å². The molecule has 1 saturated carbocycles. The molecule has 0 spiro atoms. The normalized spacial score (nSPS) is 22.2. The molecule has 2 heteroatoms. The largest absolute Gasteiger partial charge is 0.382 e. The second-order valence-corrected chi connectivity index (χ2v) is 8.69. The summed E-state index contributed by atoms with van der Waals surface area (Å²) in [6.45, 7) is 11.7. The average molecular weight is 324 g/mol. The number of halogens is 1. The van der Waals surface area contributed by atoms with Crippen molar-refractivity contribution in [1.82, 2.24) is 0 Å². The Kier molecular flexibility index (Phi) is 4.02. The molecule has 0 aromatic heterocycles. The van der Waals surface area contributed by atoms with Crippen molar-refractivity contribution in [3.05, 3.63) is 28.2 Å². The fourth-order valence-electron chi connectivity index (χ4n) is 4.00. The number of hydrogen-bond acceptors (Lipinski definition) is 1. The van der Waals surface area contributed by atoms with E-state index in [1.165, 1.54) is 30.5 Å². The highest BCUT2D eigenvalue weighted by Gasteiger charge is 2.38. The molecule has 1 nitrogen and oxygen atoms in total. The lowest BCUT2D eigenvalue weighted by Crippen LogP contribution is -2.40. The minimum atomic E-state index is 0.431. The van der Waals surface area contributed by atoms with Crippen molar-refractivity contribution in [2.45, 2.75) is 59.9 Å². The zero-order valence-electron chi connectivity index (χ0n) is 12.8. The van der Waals surface area contributed by atoms with Gasteiger partial charge in [-0.2, -0.15) is 0 Å². The van der Waals surface area contributed by atoms with Crippen LogP contribution in [-0.2, 0) is 0 Å². The molecule has 0 bridgehead atoms. The molecule has 1 aliphatic rings. The molecule has 0 saturated heterocycles. The smallest absolute Gasteiger partial charge is 0.0356 e. The summed E-state index contributed by atoms with van der Waals surface area (Å²) >= 11 is 3.58. The van der Waals surface area contributed by atoms with E-state index in [4.69, 9.17) is 0 Å². The van der Waals surface area contributed by atoms with E-state index in [9.17, 15) is 0 Å². The third-order valence-corrected chi connectivity index (χ3v) is 4.43. The maximum absolute atomic E-state index is 3.74.